The van der Waals surface area contributed by atoms with Crippen molar-refractivity contribution in [3.8, 4) is 0 Å². The second kappa shape index (κ2) is 8.20. The fourth-order valence-electron chi connectivity index (χ4n) is 2.69. The zero-order valence-corrected chi connectivity index (χ0v) is 16.8. The van der Waals surface area contributed by atoms with Crippen LogP contribution in [0.5, 0.6) is 0 Å². The Kier molecular flexibility index (Phi) is 5.88. The van der Waals surface area contributed by atoms with E-state index in [0.717, 1.165) is 31.0 Å². The summed E-state index contributed by atoms with van der Waals surface area (Å²) >= 11 is 0. The minimum absolute atomic E-state index is 0.00368. The number of sulfonamides is 1. The number of ether oxygens (including phenoxy) is 1. The van der Waals surface area contributed by atoms with E-state index in [2.05, 4.69) is 10.0 Å². The normalized spacial score (nSPS) is 14.7. The first-order valence-electron chi connectivity index (χ1n) is 9.07. The number of amides is 1. The van der Waals surface area contributed by atoms with Gasteiger partial charge in [-0.05, 0) is 62.6 Å². The third-order valence-corrected chi connectivity index (χ3v) is 5.92. The van der Waals surface area contributed by atoms with E-state index in [1.165, 1.54) is 26.0 Å². The van der Waals surface area contributed by atoms with Crippen LogP contribution in [0.15, 0.2) is 47.4 Å². The molecule has 7 nitrogen and oxygen atoms in total. The highest BCUT2D eigenvalue weighted by molar-refractivity contribution is 7.92. The van der Waals surface area contributed by atoms with Gasteiger partial charge in [-0.2, -0.15) is 0 Å². The van der Waals surface area contributed by atoms with Gasteiger partial charge in [0.25, 0.3) is 15.9 Å². The zero-order valence-electron chi connectivity index (χ0n) is 15.9. The van der Waals surface area contributed by atoms with Gasteiger partial charge in [0.1, 0.15) is 5.82 Å². The summed E-state index contributed by atoms with van der Waals surface area (Å²) in [6.07, 6.45) is 0.784. The molecule has 1 aliphatic carbocycles. The molecule has 9 heteroatoms. The van der Waals surface area contributed by atoms with E-state index < -0.39 is 33.8 Å². The Morgan fingerprint density at radius 3 is 2.52 bits per heavy atom. The number of rotatable bonds is 7. The Morgan fingerprint density at radius 2 is 1.86 bits per heavy atom. The van der Waals surface area contributed by atoms with Crippen molar-refractivity contribution in [1.82, 2.24) is 5.32 Å². The maximum absolute atomic E-state index is 13.3. The summed E-state index contributed by atoms with van der Waals surface area (Å²) in [5, 5.41) is 2.74. The third-order valence-electron chi connectivity index (χ3n) is 4.39. The van der Waals surface area contributed by atoms with Crippen molar-refractivity contribution in [3.63, 3.8) is 0 Å². The van der Waals surface area contributed by atoms with E-state index in [-0.39, 0.29) is 27.8 Å². The molecule has 0 bridgehead atoms. The molecule has 1 saturated carbocycles. The first kappa shape index (κ1) is 20.8. The minimum atomic E-state index is -4.07. The number of nitrogens with one attached hydrogen (secondary N) is 2. The standard InChI is InChI=1S/C20H21FN2O5S/c1-12-11-14(21)7-10-18(12)29(26,27)23-17-6-4-3-5-16(17)20(25)28-13(2)19(24)22-15-8-9-15/h3-7,10-11,13,15,23H,8-9H2,1-2H3,(H,22,24)/t13-/m0/s1. The molecule has 0 unspecified atom stereocenters. The first-order valence-corrected chi connectivity index (χ1v) is 10.5. The van der Waals surface area contributed by atoms with Crippen LogP contribution in [0.3, 0.4) is 0 Å². The van der Waals surface area contributed by atoms with Gasteiger partial charge in [-0.3, -0.25) is 9.52 Å². The van der Waals surface area contributed by atoms with Crippen molar-refractivity contribution in [3.05, 3.63) is 59.4 Å². The zero-order chi connectivity index (χ0) is 21.2. The molecule has 1 amide bonds. The van der Waals surface area contributed by atoms with Gasteiger partial charge in [0, 0.05) is 6.04 Å². The van der Waals surface area contributed by atoms with Crippen molar-refractivity contribution < 1.29 is 27.1 Å². The van der Waals surface area contributed by atoms with Gasteiger partial charge in [-0.1, -0.05) is 12.1 Å². The van der Waals surface area contributed by atoms with Crippen molar-refractivity contribution in [2.24, 2.45) is 0 Å². The van der Waals surface area contributed by atoms with Crippen LogP contribution in [-0.2, 0) is 19.6 Å². The summed E-state index contributed by atoms with van der Waals surface area (Å²) in [7, 11) is -4.07. The lowest BCUT2D eigenvalue weighted by atomic mass is 10.2. The van der Waals surface area contributed by atoms with E-state index >= 15 is 0 Å². The summed E-state index contributed by atoms with van der Waals surface area (Å²) in [6.45, 7) is 2.92. The van der Waals surface area contributed by atoms with Crippen LogP contribution >= 0.6 is 0 Å². The largest absolute Gasteiger partial charge is 0.449 e. The van der Waals surface area contributed by atoms with Gasteiger partial charge in [0.05, 0.1) is 16.1 Å². The molecule has 154 valence electrons. The van der Waals surface area contributed by atoms with Gasteiger partial charge >= 0.3 is 5.97 Å². The van der Waals surface area contributed by atoms with E-state index in [4.69, 9.17) is 4.74 Å². The van der Waals surface area contributed by atoms with Crippen LogP contribution in [0.4, 0.5) is 10.1 Å². The number of carbonyl (C=O) groups excluding carboxylic acids is 2. The monoisotopic (exact) mass is 420 g/mol. The second-order valence-corrected chi connectivity index (χ2v) is 8.54. The molecule has 0 spiro atoms. The SMILES string of the molecule is Cc1cc(F)ccc1S(=O)(=O)Nc1ccccc1C(=O)O[C@@H](C)C(=O)NC1CC1. The molecule has 1 fully saturated rings. The Morgan fingerprint density at radius 1 is 1.17 bits per heavy atom. The van der Waals surface area contributed by atoms with Gasteiger partial charge in [0.15, 0.2) is 6.10 Å². The molecule has 2 N–H and O–H groups in total. The fourth-order valence-corrected chi connectivity index (χ4v) is 4.00. The summed E-state index contributed by atoms with van der Waals surface area (Å²) < 4.78 is 46.3. The minimum Gasteiger partial charge on any atom is -0.449 e. The molecule has 1 aliphatic rings. The number of carbonyl (C=O) groups is 2. The lowest BCUT2D eigenvalue weighted by Crippen LogP contribution is -2.37. The molecule has 0 aliphatic heterocycles. The first-order chi connectivity index (χ1) is 13.7. The molecule has 3 rings (SSSR count). The van der Waals surface area contributed by atoms with Gasteiger partial charge in [0.2, 0.25) is 0 Å². The van der Waals surface area contributed by atoms with Crippen LogP contribution in [-0.4, -0.2) is 32.4 Å². The average Bonchev–Trinajstić information content (AvgIpc) is 3.45. The molecule has 29 heavy (non-hydrogen) atoms. The number of hydrogen-bond donors (Lipinski definition) is 2. The molecular formula is C20H21FN2O5S. The average molecular weight is 420 g/mol. The van der Waals surface area contributed by atoms with E-state index in [1.54, 1.807) is 12.1 Å². The number of halogens is 1. The maximum Gasteiger partial charge on any atom is 0.341 e. The predicted molar refractivity (Wildman–Crippen MR) is 104 cm³/mol. The highest BCUT2D eigenvalue weighted by Crippen LogP contribution is 2.24. The number of hydrogen-bond acceptors (Lipinski definition) is 5. The Balaban J connectivity index is 1.79. The highest BCUT2D eigenvalue weighted by atomic mass is 32.2. The Labute approximate surface area is 168 Å². The smallest absolute Gasteiger partial charge is 0.341 e. The van der Waals surface area contributed by atoms with Crippen LogP contribution in [0.1, 0.15) is 35.7 Å². The molecule has 0 aromatic heterocycles. The number of anilines is 1. The summed E-state index contributed by atoms with van der Waals surface area (Å²) in [5.74, 6) is -1.79. The molecule has 0 saturated heterocycles. The number of para-hydroxylation sites is 1. The lowest BCUT2D eigenvalue weighted by Gasteiger charge is -2.16. The van der Waals surface area contributed by atoms with Crippen molar-refractivity contribution in [2.45, 2.75) is 43.7 Å². The maximum atomic E-state index is 13.3. The number of benzene rings is 2. The molecule has 2 aromatic rings. The van der Waals surface area contributed by atoms with Crippen LogP contribution < -0.4 is 10.0 Å². The van der Waals surface area contributed by atoms with Gasteiger partial charge in [-0.25, -0.2) is 17.6 Å². The Hall–Kier alpha value is -2.94. The van der Waals surface area contributed by atoms with Crippen molar-refractivity contribution >= 4 is 27.6 Å². The van der Waals surface area contributed by atoms with Crippen molar-refractivity contribution in [1.29, 1.82) is 0 Å². The quantitative estimate of drug-likeness (QED) is 0.671. The van der Waals surface area contributed by atoms with E-state index in [9.17, 15) is 22.4 Å². The predicted octanol–water partition coefficient (Wildman–Crippen LogP) is 2.76. The third kappa shape index (κ3) is 5.11. The molecule has 0 radical (unpaired) electrons. The second-order valence-electron chi connectivity index (χ2n) is 6.89. The van der Waals surface area contributed by atoms with E-state index in [0.29, 0.717) is 0 Å². The van der Waals surface area contributed by atoms with Crippen LogP contribution in [0.2, 0.25) is 0 Å². The molecular weight excluding hydrogens is 399 g/mol. The number of esters is 1. The summed E-state index contributed by atoms with van der Waals surface area (Å²) in [5.41, 5.74) is 0.181. The van der Waals surface area contributed by atoms with Crippen molar-refractivity contribution in [2.75, 3.05) is 4.72 Å². The lowest BCUT2D eigenvalue weighted by molar-refractivity contribution is -0.129. The van der Waals surface area contributed by atoms with Crippen LogP contribution in [0.25, 0.3) is 0 Å². The van der Waals surface area contributed by atoms with Gasteiger partial charge < -0.3 is 10.1 Å². The number of aryl methyl sites for hydroxylation is 1. The molecule has 1 atom stereocenters. The molecule has 2 aromatic carbocycles. The highest BCUT2D eigenvalue weighted by Gasteiger charge is 2.28. The molecule has 0 heterocycles. The van der Waals surface area contributed by atoms with Crippen LogP contribution in [0, 0.1) is 12.7 Å². The van der Waals surface area contributed by atoms with E-state index in [1.807, 2.05) is 0 Å². The summed E-state index contributed by atoms with van der Waals surface area (Å²) in [6, 6.07) is 9.32. The van der Waals surface area contributed by atoms with Gasteiger partial charge in [-0.15, -0.1) is 0 Å². The summed E-state index contributed by atoms with van der Waals surface area (Å²) in [4.78, 5) is 24.4. The Bertz CT molecular complexity index is 1050. The topological polar surface area (TPSA) is 102 Å². The fraction of sp³-hybridized carbons (Fsp3) is 0.300.